The first-order valence-electron chi connectivity index (χ1n) is 7.00. The number of esters is 1. The minimum absolute atomic E-state index is 0.157. The van der Waals surface area contributed by atoms with Crippen molar-refractivity contribution in [3.8, 4) is 0 Å². The largest absolute Gasteiger partial charge is 0.462 e. The van der Waals surface area contributed by atoms with Crippen molar-refractivity contribution in [2.45, 2.75) is 19.8 Å². The summed E-state index contributed by atoms with van der Waals surface area (Å²) >= 11 is 0. The molecule has 0 aromatic heterocycles. The molecule has 0 saturated carbocycles. The molecule has 2 aromatic rings. The maximum atomic E-state index is 12.0. The lowest BCUT2D eigenvalue weighted by Crippen LogP contribution is -2.08. The molecule has 0 fully saturated rings. The number of ether oxygens (including phenoxy) is 1. The number of benzene rings is 2. The Hall–Kier alpha value is -2.42. The van der Waals surface area contributed by atoms with Crippen LogP contribution in [-0.2, 0) is 22.4 Å². The minimum Gasteiger partial charge on any atom is -0.462 e. The Labute approximate surface area is 124 Å². The fourth-order valence-corrected chi connectivity index (χ4v) is 2.09. The van der Waals surface area contributed by atoms with Crippen LogP contribution in [0.15, 0.2) is 54.6 Å². The molecule has 0 unspecified atom stereocenters. The molecule has 0 amide bonds. The summed E-state index contributed by atoms with van der Waals surface area (Å²) in [6.07, 6.45) is 0.804. The highest BCUT2D eigenvalue weighted by molar-refractivity contribution is 5.89. The average molecular weight is 282 g/mol. The van der Waals surface area contributed by atoms with Gasteiger partial charge in [0.2, 0.25) is 0 Å². The van der Waals surface area contributed by atoms with Crippen LogP contribution in [0, 0.1) is 0 Å². The highest BCUT2D eigenvalue weighted by atomic mass is 16.5. The van der Waals surface area contributed by atoms with E-state index in [0.717, 1.165) is 11.1 Å². The molecule has 0 aliphatic carbocycles. The first kappa shape index (κ1) is 15.0. The van der Waals surface area contributed by atoms with Crippen molar-refractivity contribution in [3.05, 3.63) is 71.3 Å². The van der Waals surface area contributed by atoms with Crippen LogP contribution < -0.4 is 0 Å². The van der Waals surface area contributed by atoms with Crippen LogP contribution in [0.4, 0.5) is 0 Å². The van der Waals surface area contributed by atoms with E-state index in [4.69, 9.17) is 4.74 Å². The van der Waals surface area contributed by atoms with E-state index in [1.165, 1.54) is 0 Å². The molecule has 108 valence electrons. The van der Waals surface area contributed by atoms with Crippen molar-refractivity contribution in [1.29, 1.82) is 0 Å². The van der Waals surface area contributed by atoms with E-state index in [1.807, 2.05) is 30.3 Å². The van der Waals surface area contributed by atoms with Crippen LogP contribution in [0.2, 0.25) is 0 Å². The Morgan fingerprint density at radius 2 is 1.43 bits per heavy atom. The van der Waals surface area contributed by atoms with E-state index in [0.29, 0.717) is 25.0 Å². The van der Waals surface area contributed by atoms with E-state index in [2.05, 4.69) is 0 Å². The first-order valence-corrected chi connectivity index (χ1v) is 7.00. The maximum Gasteiger partial charge on any atom is 0.338 e. The molecule has 0 radical (unpaired) electrons. The number of carbonyl (C=O) groups excluding carboxylic acids is 2. The normalized spacial score (nSPS) is 10.1. The highest BCUT2D eigenvalue weighted by Gasteiger charge is 2.08. The van der Waals surface area contributed by atoms with Crippen LogP contribution in [0.25, 0.3) is 0 Å². The summed E-state index contributed by atoms with van der Waals surface area (Å²) in [6, 6.07) is 16.7. The lowest BCUT2D eigenvalue weighted by molar-refractivity contribution is -0.117. The predicted octanol–water partition coefficient (Wildman–Crippen LogP) is 3.22. The Balaban J connectivity index is 1.94. The molecule has 21 heavy (non-hydrogen) atoms. The second-order valence-electron chi connectivity index (χ2n) is 4.80. The van der Waals surface area contributed by atoms with Crippen LogP contribution in [0.5, 0.6) is 0 Å². The fraction of sp³-hybridized carbons (Fsp3) is 0.222. The molecule has 0 spiro atoms. The van der Waals surface area contributed by atoms with Crippen LogP contribution in [0.3, 0.4) is 0 Å². The van der Waals surface area contributed by atoms with Gasteiger partial charge in [0.05, 0.1) is 12.2 Å². The summed E-state index contributed by atoms with van der Waals surface area (Å²) < 4.78 is 4.92. The Bertz CT molecular complexity index is 600. The van der Waals surface area contributed by atoms with Crippen molar-refractivity contribution in [3.63, 3.8) is 0 Å². The van der Waals surface area contributed by atoms with E-state index < -0.39 is 0 Å². The SMILES string of the molecule is CCOC(=O)c1ccc(CC(=O)Cc2ccccc2)cc1. The van der Waals surface area contributed by atoms with Crippen molar-refractivity contribution in [2.24, 2.45) is 0 Å². The van der Waals surface area contributed by atoms with Crippen LogP contribution in [0.1, 0.15) is 28.4 Å². The van der Waals surface area contributed by atoms with Gasteiger partial charge in [0.1, 0.15) is 5.78 Å². The summed E-state index contributed by atoms with van der Waals surface area (Å²) in [4.78, 5) is 23.5. The summed E-state index contributed by atoms with van der Waals surface area (Å²) in [5.41, 5.74) is 2.44. The van der Waals surface area contributed by atoms with Gasteiger partial charge in [-0.15, -0.1) is 0 Å². The number of Topliss-reactive ketones (excluding diaryl/α,β-unsaturated/α-hetero) is 1. The van der Waals surface area contributed by atoms with Gasteiger partial charge in [-0.1, -0.05) is 42.5 Å². The Morgan fingerprint density at radius 3 is 2.00 bits per heavy atom. The van der Waals surface area contributed by atoms with Gasteiger partial charge in [-0.05, 0) is 30.2 Å². The topological polar surface area (TPSA) is 43.4 Å². The number of carbonyl (C=O) groups is 2. The second-order valence-corrected chi connectivity index (χ2v) is 4.80. The smallest absolute Gasteiger partial charge is 0.338 e. The molecular weight excluding hydrogens is 264 g/mol. The van der Waals surface area contributed by atoms with E-state index in [-0.39, 0.29) is 11.8 Å². The monoisotopic (exact) mass is 282 g/mol. The molecule has 3 heteroatoms. The number of hydrogen-bond acceptors (Lipinski definition) is 3. The standard InChI is InChI=1S/C18H18O3/c1-2-21-18(20)16-10-8-15(9-11-16)13-17(19)12-14-6-4-3-5-7-14/h3-11H,2,12-13H2,1H3. The molecule has 0 aliphatic heterocycles. The third-order valence-electron chi connectivity index (χ3n) is 3.11. The maximum absolute atomic E-state index is 12.0. The molecule has 0 N–H and O–H groups in total. The summed E-state index contributed by atoms with van der Waals surface area (Å²) in [6.45, 7) is 2.13. The lowest BCUT2D eigenvalue weighted by atomic mass is 10.0. The van der Waals surface area contributed by atoms with Gasteiger partial charge in [-0.3, -0.25) is 4.79 Å². The molecular formula is C18H18O3. The van der Waals surface area contributed by atoms with Gasteiger partial charge in [0, 0.05) is 12.8 Å². The molecule has 2 aromatic carbocycles. The van der Waals surface area contributed by atoms with Gasteiger partial charge >= 0.3 is 5.97 Å². The summed E-state index contributed by atoms with van der Waals surface area (Å²) in [5.74, 6) is -0.176. The summed E-state index contributed by atoms with van der Waals surface area (Å²) in [7, 11) is 0. The highest BCUT2D eigenvalue weighted by Crippen LogP contribution is 2.09. The Morgan fingerprint density at radius 1 is 0.857 bits per heavy atom. The third-order valence-corrected chi connectivity index (χ3v) is 3.11. The molecule has 2 rings (SSSR count). The molecule has 0 aliphatic rings. The minimum atomic E-state index is -0.334. The van der Waals surface area contributed by atoms with E-state index >= 15 is 0 Å². The van der Waals surface area contributed by atoms with Gasteiger partial charge in [0.15, 0.2) is 0 Å². The molecule has 0 heterocycles. The number of ketones is 1. The van der Waals surface area contributed by atoms with Gasteiger partial charge in [-0.2, -0.15) is 0 Å². The van der Waals surface area contributed by atoms with E-state index in [1.54, 1.807) is 31.2 Å². The Kier molecular flexibility index (Phi) is 5.27. The number of hydrogen-bond donors (Lipinski definition) is 0. The third kappa shape index (κ3) is 4.56. The zero-order valence-corrected chi connectivity index (χ0v) is 12.0. The van der Waals surface area contributed by atoms with E-state index in [9.17, 15) is 9.59 Å². The number of rotatable bonds is 6. The van der Waals surface area contributed by atoms with Crippen molar-refractivity contribution < 1.29 is 14.3 Å². The zero-order chi connectivity index (χ0) is 15.1. The molecule has 0 bridgehead atoms. The van der Waals surface area contributed by atoms with Gasteiger partial charge < -0.3 is 4.74 Å². The summed E-state index contributed by atoms with van der Waals surface area (Å²) in [5, 5.41) is 0. The first-order chi connectivity index (χ1) is 10.2. The van der Waals surface area contributed by atoms with Gasteiger partial charge in [0.25, 0.3) is 0 Å². The molecule has 3 nitrogen and oxygen atoms in total. The molecule has 0 atom stereocenters. The fourth-order valence-electron chi connectivity index (χ4n) is 2.09. The van der Waals surface area contributed by atoms with Crippen molar-refractivity contribution in [2.75, 3.05) is 6.61 Å². The van der Waals surface area contributed by atoms with Crippen LogP contribution >= 0.6 is 0 Å². The van der Waals surface area contributed by atoms with Crippen molar-refractivity contribution in [1.82, 2.24) is 0 Å². The quantitative estimate of drug-likeness (QED) is 0.764. The molecule has 0 saturated heterocycles. The van der Waals surface area contributed by atoms with Gasteiger partial charge in [-0.25, -0.2) is 4.79 Å². The average Bonchev–Trinajstić information content (AvgIpc) is 2.49. The lowest BCUT2D eigenvalue weighted by Gasteiger charge is -2.04. The van der Waals surface area contributed by atoms with Crippen molar-refractivity contribution >= 4 is 11.8 Å². The predicted molar refractivity (Wildman–Crippen MR) is 81.3 cm³/mol. The zero-order valence-electron chi connectivity index (χ0n) is 12.0. The van der Waals surface area contributed by atoms with Crippen LogP contribution in [-0.4, -0.2) is 18.4 Å². The second kappa shape index (κ2) is 7.39.